The van der Waals surface area contributed by atoms with E-state index in [-0.39, 0.29) is 18.5 Å². The Kier molecular flexibility index (Phi) is 6.17. The quantitative estimate of drug-likeness (QED) is 0.333. The van der Waals surface area contributed by atoms with Crippen molar-refractivity contribution in [2.45, 2.75) is 13.5 Å². The molecule has 8 nitrogen and oxygen atoms in total. The Labute approximate surface area is 215 Å². The number of hydrogen-bond donors (Lipinski definition) is 0. The van der Waals surface area contributed by atoms with Crippen molar-refractivity contribution in [3.63, 3.8) is 0 Å². The minimum atomic E-state index is -0.349. The van der Waals surface area contributed by atoms with Crippen molar-refractivity contribution in [2.24, 2.45) is 0 Å². The molecule has 8 heteroatoms. The Bertz CT molecular complexity index is 1510. The van der Waals surface area contributed by atoms with Gasteiger partial charge in [0.25, 0.3) is 0 Å². The van der Waals surface area contributed by atoms with Crippen LogP contribution in [0.4, 0.5) is 17.2 Å². The molecule has 0 aliphatic carbocycles. The molecular weight excluding hydrogens is 470 g/mol. The predicted molar refractivity (Wildman–Crippen MR) is 143 cm³/mol. The summed E-state index contributed by atoms with van der Waals surface area (Å²) in [5.41, 5.74) is 4.67. The number of aromatic nitrogens is 1. The zero-order valence-corrected chi connectivity index (χ0v) is 21.4. The summed E-state index contributed by atoms with van der Waals surface area (Å²) in [7, 11) is 6.85. The molecule has 0 fully saturated rings. The Balaban J connectivity index is 1.55. The minimum Gasteiger partial charge on any atom is -0.493 e. The lowest BCUT2D eigenvalue weighted by molar-refractivity contribution is -0.116. The van der Waals surface area contributed by atoms with Gasteiger partial charge in [0.2, 0.25) is 5.91 Å². The van der Waals surface area contributed by atoms with Crippen molar-refractivity contribution in [3.05, 3.63) is 71.9 Å². The summed E-state index contributed by atoms with van der Waals surface area (Å²) in [5, 5.41) is 1.77. The Morgan fingerprint density at radius 2 is 1.59 bits per heavy atom. The third-order valence-electron chi connectivity index (χ3n) is 6.77. The van der Waals surface area contributed by atoms with Crippen LogP contribution in [-0.2, 0) is 16.1 Å². The second-order valence-electron chi connectivity index (χ2n) is 8.85. The number of methoxy groups -OCH3 is 2. The topological polar surface area (TPSA) is 81.2 Å². The number of rotatable bonds is 6. The first-order valence-electron chi connectivity index (χ1n) is 11.8. The fourth-order valence-electron chi connectivity index (χ4n) is 4.59. The standard InChI is InChI=1S/C29H27N3O5/c1-17(33)31(2)21-7-9-22(10-8-21)32(3)26-11-6-18(15-30-26)27-23-14-25(36-5)24(35-4)13-19(23)12-20-16-37-29(34)28(20)27/h6-15H,16H2,1-5H3. The summed E-state index contributed by atoms with van der Waals surface area (Å²) < 4.78 is 16.4. The van der Waals surface area contributed by atoms with Gasteiger partial charge in [0.1, 0.15) is 12.4 Å². The Hall–Kier alpha value is -4.59. The molecule has 0 N–H and O–H groups in total. The first-order valence-corrected chi connectivity index (χ1v) is 11.8. The van der Waals surface area contributed by atoms with Crippen molar-refractivity contribution in [1.29, 1.82) is 0 Å². The van der Waals surface area contributed by atoms with Gasteiger partial charge in [0.05, 0.1) is 19.8 Å². The average molecular weight is 498 g/mol. The molecule has 1 aliphatic heterocycles. The number of cyclic esters (lactones) is 1. The number of anilines is 3. The van der Waals surface area contributed by atoms with Gasteiger partial charge in [-0.2, -0.15) is 0 Å². The van der Waals surface area contributed by atoms with Gasteiger partial charge in [0, 0.05) is 55.3 Å². The first-order chi connectivity index (χ1) is 17.8. The maximum absolute atomic E-state index is 12.7. The third kappa shape index (κ3) is 4.20. The predicted octanol–water partition coefficient (Wildman–Crippen LogP) is 5.34. The van der Waals surface area contributed by atoms with Crippen LogP contribution in [0.2, 0.25) is 0 Å². The molecule has 5 rings (SSSR count). The van der Waals surface area contributed by atoms with E-state index in [2.05, 4.69) is 0 Å². The second kappa shape index (κ2) is 9.46. The van der Waals surface area contributed by atoms with Crippen LogP contribution in [0.15, 0.2) is 60.8 Å². The van der Waals surface area contributed by atoms with Crippen LogP contribution in [-0.4, -0.2) is 45.2 Å². The summed E-state index contributed by atoms with van der Waals surface area (Å²) in [6.45, 7) is 1.76. The number of pyridine rings is 1. The molecule has 0 unspecified atom stereocenters. The van der Waals surface area contributed by atoms with Crippen molar-refractivity contribution in [2.75, 3.05) is 38.1 Å². The van der Waals surface area contributed by atoms with Gasteiger partial charge in [-0.1, -0.05) is 0 Å². The normalized spacial score (nSPS) is 12.2. The molecule has 0 bridgehead atoms. The smallest absolute Gasteiger partial charge is 0.339 e. The minimum absolute atomic E-state index is 0.0294. The number of hydrogen-bond acceptors (Lipinski definition) is 7. The van der Waals surface area contributed by atoms with Gasteiger partial charge in [-0.3, -0.25) is 4.79 Å². The molecule has 0 spiro atoms. The zero-order chi connectivity index (χ0) is 26.3. The number of esters is 1. The maximum atomic E-state index is 12.7. The Morgan fingerprint density at radius 3 is 2.22 bits per heavy atom. The van der Waals surface area contributed by atoms with Crippen LogP contribution in [0.3, 0.4) is 0 Å². The van der Waals surface area contributed by atoms with Gasteiger partial charge < -0.3 is 24.0 Å². The molecule has 1 amide bonds. The van der Waals surface area contributed by atoms with E-state index in [1.807, 2.05) is 66.5 Å². The highest BCUT2D eigenvalue weighted by Crippen LogP contribution is 2.42. The summed E-state index contributed by atoms with van der Waals surface area (Å²) in [5.74, 6) is 1.54. The summed E-state index contributed by atoms with van der Waals surface area (Å²) in [4.78, 5) is 32.6. The molecule has 37 heavy (non-hydrogen) atoms. The summed E-state index contributed by atoms with van der Waals surface area (Å²) in [6.07, 6.45) is 1.76. The number of ether oxygens (including phenoxy) is 3. The monoisotopic (exact) mass is 497 g/mol. The lowest BCUT2D eigenvalue weighted by Gasteiger charge is -2.21. The van der Waals surface area contributed by atoms with Crippen LogP contribution >= 0.6 is 0 Å². The number of benzene rings is 3. The molecule has 3 aromatic carbocycles. The van der Waals surface area contributed by atoms with E-state index >= 15 is 0 Å². The van der Waals surface area contributed by atoms with Gasteiger partial charge in [-0.25, -0.2) is 9.78 Å². The molecule has 4 aromatic rings. The molecule has 2 heterocycles. The highest BCUT2D eigenvalue weighted by molar-refractivity contribution is 6.11. The van der Waals surface area contributed by atoms with Crippen molar-refractivity contribution in [3.8, 4) is 22.6 Å². The molecular formula is C29H27N3O5. The van der Waals surface area contributed by atoms with Crippen LogP contribution in [0.1, 0.15) is 22.8 Å². The summed E-state index contributed by atoms with van der Waals surface area (Å²) >= 11 is 0. The van der Waals surface area contributed by atoms with Gasteiger partial charge in [-0.05, 0) is 65.4 Å². The first kappa shape index (κ1) is 24.1. The molecule has 0 radical (unpaired) electrons. The lowest BCUT2D eigenvalue weighted by Crippen LogP contribution is -2.22. The third-order valence-corrected chi connectivity index (χ3v) is 6.77. The van der Waals surface area contributed by atoms with Gasteiger partial charge in [0.15, 0.2) is 11.5 Å². The van der Waals surface area contributed by atoms with E-state index in [1.165, 1.54) is 6.92 Å². The molecule has 1 aliphatic rings. The highest BCUT2D eigenvalue weighted by atomic mass is 16.5. The fraction of sp³-hybridized carbons (Fsp3) is 0.207. The van der Waals surface area contributed by atoms with Gasteiger partial charge in [-0.15, -0.1) is 0 Å². The largest absolute Gasteiger partial charge is 0.493 e. The van der Waals surface area contributed by atoms with E-state index in [1.54, 1.807) is 32.4 Å². The highest BCUT2D eigenvalue weighted by Gasteiger charge is 2.28. The van der Waals surface area contributed by atoms with Crippen LogP contribution in [0, 0.1) is 0 Å². The molecule has 0 atom stereocenters. The number of carbonyl (C=O) groups excluding carboxylic acids is 2. The van der Waals surface area contributed by atoms with Crippen molar-refractivity contribution in [1.82, 2.24) is 4.98 Å². The number of amides is 1. The van der Waals surface area contributed by atoms with Crippen LogP contribution in [0.25, 0.3) is 21.9 Å². The number of carbonyl (C=O) groups is 2. The number of fused-ring (bicyclic) bond motifs is 2. The average Bonchev–Trinajstić information content (AvgIpc) is 3.30. The molecule has 0 saturated heterocycles. The molecule has 188 valence electrons. The van der Waals surface area contributed by atoms with E-state index in [9.17, 15) is 9.59 Å². The van der Waals surface area contributed by atoms with E-state index in [4.69, 9.17) is 19.2 Å². The molecule has 0 saturated carbocycles. The lowest BCUT2D eigenvalue weighted by atomic mass is 9.91. The van der Waals surface area contributed by atoms with E-state index in [0.717, 1.165) is 44.7 Å². The van der Waals surface area contributed by atoms with Crippen LogP contribution in [0.5, 0.6) is 11.5 Å². The molecule has 1 aromatic heterocycles. The number of nitrogens with zero attached hydrogens (tertiary/aromatic N) is 3. The zero-order valence-electron chi connectivity index (χ0n) is 21.4. The SMILES string of the molecule is COc1cc2cc3c(c(-c4ccc(N(C)c5ccc(N(C)C(C)=O)cc5)nc4)c2cc1OC)C(=O)OC3. The summed E-state index contributed by atoms with van der Waals surface area (Å²) in [6, 6.07) is 17.3. The van der Waals surface area contributed by atoms with Crippen LogP contribution < -0.4 is 19.3 Å². The van der Waals surface area contributed by atoms with Gasteiger partial charge >= 0.3 is 5.97 Å². The van der Waals surface area contributed by atoms with E-state index < -0.39 is 0 Å². The Morgan fingerprint density at radius 1 is 0.919 bits per heavy atom. The maximum Gasteiger partial charge on any atom is 0.339 e. The van der Waals surface area contributed by atoms with Crippen molar-refractivity contribution < 1.29 is 23.8 Å². The fourth-order valence-corrected chi connectivity index (χ4v) is 4.59. The van der Waals surface area contributed by atoms with E-state index in [0.29, 0.717) is 17.1 Å². The van der Waals surface area contributed by atoms with Crippen molar-refractivity contribution >= 4 is 39.8 Å². The second-order valence-corrected chi connectivity index (χ2v) is 8.85.